The molecule has 0 atom stereocenters. The fourth-order valence-corrected chi connectivity index (χ4v) is 2.67. The Bertz CT molecular complexity index is 626. The molecule has 0 bridgehead atoms. The standard InChI is InChI=1S/C13H12Cl2FN5/c14-11-17-12(15)19-13(18-11)21-7-5-20(6-8-21)10-4-2-1-3-9(10)16/h1-4H,5-8H2. The minimum Gasteiger partial charge on any atom is -0.366 e. The highest BCUT2D eigenvalue weighted by atomic mass is 35.5. The van der Waals surface area contributed by atoms with Crippen LogP contribution < -0.4 is 9.80 Å². The van der Waals surface area contributed by atoms with Gasteiger partial charge in [0.1, 0.15) is 5.82 Å². The molecule has 3 rings (SSSR count). The van der Waals surface area contributed by atoms with Gasteiger partial charge in [-0.3, -0.25) is 0 Å². The van der Waals surface area contributed by atoms with Crippen molar-refractivity contribution in [2.24, 2.45) is 0 Å². The average molecular weight is 328 g/mol. The Balaban J connectivity index is 1.72. The second-order valence-electron chi connectivity index (χ2n) is 4.60. The fraction of sp³-hybridized carbons (Fsp3) is 0.308. The highest BCUT2D eigenvalue weighted by Crippen LogP contribution is 2.22. The molecule has 1 fully saturated rings. The van der Waals surface area contributed by atoms with Crippen molar-refractivity contribution in [2.45, 2.75) is 0 Å². The van der Waals surface area contributed by atoms with Crippen LogP contribution in [-0.4, -0.2) is 41.1 Å². The minimum absolute atomic E-state index is 0.0709. The van der Waals surface area contributed by atoms with Gasteiger partial charge in [-0.15, -0.1) is 0 Å². The van der Waals surface area contributed by atoms with Crippen LogP contribution in [0.2, 0.25) is 10.6 Å². The summed E-state index contributed by atoms with van der Waals surface area (Å²) in [5.41, 5.74) is 0.615. The van der Waals surface area contributed by atoms with Gasteiger partial charge in [-0.1, -0.05) is 12.1 Å². The van der Waals surface area contributed by atoms with Crippen molar-refractivity contribution in [1.29, 1.82) is 0 Å². The molecule has 21 heavy (non-hydrogen) atoms. The molecule has 5 nitrogen and oxygen atoms in total. The first-order chi connectivity index (χ1) is 10.1. The van der Waals surface area contributed by atoms with Crippen LogP contribution in [-0.2, 0) is 0 Å². The molecule has 110 valence electrons. The number of hydrogen-bond acceptors (Lipinski definition) is 5. The summed E-state index contributed by atoms with van der Waals surface area (Å²) in [5, 5.41) is 0.142. The van der Waals surface area contributed by atoms with Gasteiger partial charge in [0.15, 0.2) is 0 Å². The SMILES string of the molecule is Fc1ccccc1N1CCN(c2nc(Cl)nc(Cl)n2)CC1. The number of hydrogen-bond donors (Lipinski definition) is 0. The van der Waals surface area contributed by atoms with Crippen LogP contribution in [0.1, 0.15) is 0 Å². The number of piperazine rings is 1. The molecular formula is C13H12Cl2FN5. The van der Waals surface area contributed by atoms with E-state index in [0.717, 1.165) is 0 Å². The molecule has 0 unspecified atom stereocenters. The first-order valence-electron chi connectivity index (χ1n) is 6.45. The molecule has 1 aliphatic heterocycles. The van der Waals surface area contributed by atoms with Crippen molar-refractivity contribution >= 4 is 34.8 Å². The Hall–Kier alpha value is -1.66. The van der Waals surface area contributed by atoms with Gasteiger partial charge < -0.3 is 9.80 Å². The molecule has 8 heteroatoms. The van der Waals surface area contributed by atoms with Gasteiger partial charge in [0.2, 0.25) is 16.5 Å². The molecule has 0 saturated carbocycles. The van der Waals surface area contributed by atoms with Gasteiger partial charge in [-0.05, 0) is 35.3 Å². The third-order valence-corrected chi connectivity index (χ3v) is 3.66. The van der Waals surface area contributed by atoms with Gasteiger partial charge in [0.25, 0.3) is 0 Å². The van der Waals surface area contributed by atoms with Crippen molar-refractivity contribution in [3.8, 4) is 0 Å². The average Bonchev–Trinajstić information content (AvgIpc) is 2.47. The summed E-state index contributed by atoms with van der Waals surface area (Å²) in [7, 11) is 0. The lowest BCUT2D eigenvalue weighted by molar-refractivity contribution is 0.593. The van der Waals surface area contributed by atoms with Gasteiger partial charge in [-0.2, -0.15) is 15.0 Å². The van der Waals surface area contributed by atoms with Crippen molar-refractivity contribution in [1.82, 2.24) is 15.0 Å². The number of benzene rings is 1. The fourth-order valence-electron chi connectivity index (χ4n) is 2.31. The second kappa shape index (κ2) is 5.99. The van der Waals surface area contributed by atoms with Gasteiger partial charge in [0.05, 0.1) is 5.69 Å². The molecule has 2 heterocycles. The first kappa shape index (κ1) is 14.3. The zero-order chi connectivity index (χ0) is 14.8. The van der Waals surface area contributed by atoms with Crippen LogP contribution in [0.3, 0.4) is 0 Å². The number of para-hydroxylation sites is 1. The number of nitrogens with zero attached hydrogens (tertiary/aromatic N) is 5. The third-order valence-electron chi connectivity index (χ3n) is 3.32. The molecule has 1 aliphatic rings. The van der Waals surface area contributed by atoms with E-state index < -0.39 is 0 Å². The third kappa shape index (κ3) is 3.16. The highest BCUT2D eigenvalue weighted by Gasteiger charge is 2.21. The summed E-state index contributed by atoms with van der Waals surface area (Å²) in [6, 6.07) is 6.76. The zero-order valence-electron chi connectivity index (χ0n) is 11.0. The van der Waals surface area contributed by atoms with Crippen molar-refractivity contribution in [3.63, 3.8) is 0 Å². The summed E-state index contributed by atoms with van der Waals surface area (Å²) in [6.45, 7) is 2.65. The van der Waals surface area contributed by atoms with E-state index in [1.165, 1.54) is 6.07 Å². The van der Waals surface area contributed by atoms with Crippen LogP contribution in [0.5, 0.6) is 0 Å². The topological polar surface area (TPSA) is 45.2 Å². The highest BCUT2D eigenvalue weighted by molar-refractivity contribution is 6.31. The quantitative estimate of drug-likeness (QED) is 0.848. The Morgan fingerprint density at radius 3 is 2.05 bits per heavy atom. The van der Waals surface area contributed by atoms with E-state index >= 15 is 0 Å². The number of anilines is 2. The van der Waals surface area contributed by atoms with E-state index in [-0.39, 0.29) is 16.4 Å². The molecule has 1 saturated heterocycles. The molecule has 0 aliphatic carbocycles. The molecule has 0 N–H and O–H groups in total. The van der Waals surface area contributed by atoms with Gasteiger partial charge in [-0.25, -0.2) is 4.39 Å². The Kier molecular flexibility index (Phi) is 4.07. The Morgan fingerprint density at radius 2 is 1.43 bits per heavy atom. The van der Waals surface area contributed by atoms with Crippen LogP contribution in [0.15, 0.2) is 24.3 Å². The molecule has 1 aromatic carbocycles. The molecule has 0 radical (unpaired) electrons. The molecule has 1 aromatic heterocycles. The van der Waals surface area contributed by atoms with Crippen molar-refractivity contribution in [2.75, 3.05) is 36.0 Å². The largest absolute Gasteiger partial charge is 0.366 e. The monoisotopic (exact) mass is 327 g/mol. The van der Waals surface area contributed by atoms with Gasteiger partial charge >= 0.3 is 0 Å². The van der Waals surface area contributed by atoms with E-state index in [4.69, 9.17) is 23.2 Å². The molecule has 0 spiro atoms. The van der Waals surface area contributed by atoms with E-state index in [1.807, 2.05) is 15.9 Å². The first-order valence-corrected chi connectivity index (χ1v) is 7.20. The maximum Gasteiger partial charge on any atom is 0.231 e. The molecule has 0 amide bonds. The predicted molar refractivity (Wildman–Crippen MR) is 80.7 cm³/mol. The lowest BCUT2D eigenvalue weighted by atomic mass is 10.2. The normalized spacial score (nSPS) is 15.4. The molecule has 2 aromatic rings. The van der Waals surface area contributed by atoms with Crippen LogP contribution in [0.4, 0.5) is 16.0 Å². The van der Waals surface area contributed by atoms with E-state index in [2.05, 4.69) is 15.0 Å². The lowest BCUT2D eigenvalue weighted by Gasteiger charge is -2.36. The number of rotatable bonds is 2. The van der Waals surface area contributed by atoms with E-state index in [1.54, 1.807) is 12.1 Å². The second-order valence-corrected chi connectivity index (χ2v) is 5.28. The summed E-state index contributed by atoms with van der Waals surface area (Å²) < 4.78 is 13.8. The van der Waals surface area contributed by atoms with Crippen LogP contribution in [0, 0.1) is 5.82 Å². The Morgan fingerprint density at radius 1 is 0.857 bits per heavy atom. The smallest absolute Gasteiger partial charge is 0.231 e. The minimum atomic E-state index is -0.211. The Labute approximate surface area is 131 Å². The zero-order valence-corrected chi connectivity index (χ0v) is 12.5. The van der Waals surface area contributed by atoms with Gasteiger partial charge in [0, 0.05) is 26.2 Å². The maximum atomic E-state index is 13.8. The summed E-state index contributed by atoms with van der Waals surface area (Å²) in [5.74, 6) is 0.241. The number of aromatic nitrogens is 3. The molecular weight excluding hydrogens is 316 g/mol. The summed E-state index contributed by atoms with van der Waals surface area (Å²) >= 11 is 11.6. The lowest BCUT2D eigenvalue weighted by Crippen LogP contribution is -2.47. The van der Waals surface area contributed by atoms with Crippen molar-refractivity contribution < 1.29 is 4.39 Å². The maximum absolute atomic E-state index is 13.8. The summed E-state index contributed by atoms with van der Waals surface area (Å²) in [6.07, 6.45) is 0. The summed E-state index contributed by atoms with van der Waals surface area (Å²) in [4.78, 5) is 15.8. The predicted octanol–water partition coefficient (Wildman–Crippen LogP) is 2.64. The van der Waals surface area contributed by atoms with Crippen molar-refractivity contribution in [3.05, 3.63) is 40.6 Å². The van der Waals surface area contributed by atoms with Crippen LogP contribution in [0.25, 0.3) is 0 Å². The van der Waals surface area contributed by atoms with Crippen LogP contribution >= 0.6 is 23.2 Å². The van der Waals surface area contributed by atoms with E-state index in [0.29, 0.717) is 37.8 Å². The van der Waals surface area contributed by atoms with E-state index in [9.17, 15) is 4.39 Å². The number of halogens is 3.